The molecule has 0 saturated heterocycles. The number of aryl methyl sites for hydroxylation is 1. The Morgan fingerprint density at radius 1 is 1.27 bits per heavy atom. The fourth-order valence-corrected chi connectivity index (χ4v) is 1.18. The summed E-state index contributed by atoms with van der Waals surface area (Å²) in [5.41, 5.74) is 5.73. The van der Waals surface area contributed by atoms with Crippen LogP contribution >= 0.6 is 12.4 Å². The van der Waals surface area contributed by atoms with Crippen molar-refractivity contribution in [1.29, 1.82) is 0 Å². The number of rotatable bonds is 2. The number of benzene rings is 1. The Hall–Kier alpha value is -0.710. The van der Waals surface area contributed by atoms with E-state index in [0.29, 0.717) is 0 Å². The SMILES string of the molecule is Cc1ccc([C@H](N)[C@@H](C)O)c(F)c1F.Cl. The number of aliphatic hydroxyl groups excluding tert-OH is 1. The van der Waals surface area contributed by atoms with Crippen LogP contribution in [0.25, 0.3) is 0 Å². The fraction of sp³-hybridized carbons (Fsp3) is 0.400. The average Bonchev–Trinajstić information content (AvgIpc) is 2.13. The average molecular weight is 238 g/mol. The molecule has 0 radical (unpaired) electrons. The van der Waals surface area contributed by atoms with Crippen LogP contribution in [0, 0.1) is 18.6 Å². The van der Waals surface area contributed by atoms with E-state index in [-0.39, 0.29) is 23.5 Å². The Labute approximate surface area is 93.5 Å². The van der Waals surface area contributed by atoms with E-state index in [9.17, 15) is 8.78 Å². The van der Waals surface area contributed by atoms with Gasteiger partial charge in [0.2, 0.25) is 0 Å². The maximum absolute atomic E-state index is 13.3. The number of hydrogen-bond acceptors (Lipinski definition) is 2. The first-order chi connectivity index (χ1) is 6.45. The van der Waals surface area contributed by atoms with Crippen molar-refractivity contribution in [2.75, 3.05) is 0 Å². The van der Waals surface area contributed by atoms with Crippen molar-refractivity contribution < 1.29 is 13.9 Å². The molecule has 5 heteroatoms. The highest BCUT2D eigenvalue weighted by molar-refractivity contribution is 5.85. The molecule has 0 aliphatic rings. The third-order valence-corrected chi connectivity index (χ3v) is 2.18. The summed E-state index contributed by atoms with van der Waals surface area (Å²) in [4.78, 5) is 0. The molecule has 2 atom stereocenters. The zero-order valence-electron chi connectivity index (χ0n) is 8.50. The van der Waals surface area contributed by atoms with Crippen LogP contribution in [0.3, 0.4) is 0 Å². The molecule has 0 spiro atoms. The third kappa shape index (κ3) is 2.87. The van der Waals surface area contributed by atoms with Gasteiger partial charge in [0.05, 0.1) is 12.1 Å². The number of hydrogen-bond donors (Lipinski definition) is 2. The van der Waals surface area contributed by atoms with E-state index in [0.717, 1.165) is 0 Å². The molecule has 86 valence electrons. The molecule has 0 saturated carbocycles. The van der Waals surface area contributed by atoms with Gasteiger partial charge in [-0.3, -0.25) is 0 Å². The van der Waals surface area contributed by atoms with Gasteiger partial charge in [0.1, 0.15) is 0 Å². The Bertz CT molecular complexity index is 344. The smallest absolute Gasteiger partial charge is 0.163 e. The summed E-state index contributed by atoms with van der Waals surface area (Å²) in [5, 5.41) is 9.14. The minimum atomic E-state index is -0.974. The van der Waals surface area contributed by atoms with E-state index in [2.05, 4.69) is 0 Å². The van der Waals surface area contributed by atoms with E-state index < -0.39 is 23.8 Å². The van der Waals surface area contributed by atoms with Gasteiger partial charge in [-0.15, -0.1) is 12.4 Å². The lowest BCUT2D eigenvalue weighted by Crippen LogP contribution is -2.24. The van der Waals surface area contributed by atoms with Crippen molar-refractivity contribution in [3.8, 4) is 0 Å². The van der Waals surface area contributed by atoms with Gasteiger partial charge in [-0.05, 0) is 19.4 Å². The predicted octanol–water partition coefficient (Wildman–Crippen LogP) is 2.08. The van der Waals surface area contributed by atoms with Crippen LogP contribution in [0.1, 0.15) is 24.1 Å². The van der Waals surface area contributed by atoms with Crippen LogP contribution in [0.4, 0.5) is 8.78 Å². The van der Waals surface area contributed by atoms with Gasteiger partial charge in [-0.25, -0.2) is 8.78 Å². The van der Waals surface area contributed by atoms with Crippen molar-refractivity contribution in [3.05, 3.63) is 34.9 Å². The van der Waals surface area contributed by atoms with E-state index in [1.165, 1.54) is 26.0 Å². The van der Waals surface area contributed by atoms with Crippen molar-refractivity contribution in [2.24, 2.45) is 5.73 Å². The summed E-state index contributed by atoms with van der Waals surface area (Å²) in [6.45, 7) is 2.90. The van der Waals surface area contributed by atoms with Gasteiger partial charge in [0.25, 0.3) is 0 Å². The Morgan fingerprint density at radius 2 is 1.80 bits per heavy atom. The Morgan fingerprint density at radius 3 is 2.27 bits per heavy atom. The molecular formula is C10H14ClF2NO. The molecule has 0 bridgehead atoms. The molecule has 2 nitrogen and oxygen atoms in total. The second-order valence-electron chi connectivity index (χ2n) is 3.37. The zero-order valence-corrected chi connectivity index (χ0v) is 9.31. The second kappa shape index (κ2) is 5.39. The van der Waals surface area contributed by atoms with Gasteiger partial charge in [0, 0.05) is 5.56 Å². The van der Waals surface area contributed by atoms with Gasteiger partial charge >= 0.3 is 0 Å². The molecule has 1 rings (SSSR count). The van der Waals surface area contributed by atoms with Crippen molar-refractivity contribution in [3.63, 3.8) is 0 Å². The highest BCUT2D eigenvalue weighted by Gasteiger charge is 2.19. The molecule has 0 aliphatic carbocycles. The summed E-state index contributed by atoms with van der Waals surface area (Å²) in [5.74, 6) is -1.88. The quantitative estimate of drug-likeness (QED) is 0.827. The van der Waals surface area contributed by atoms with Crippen molar-refractivity contribution in [1.82, 2.24) is 0 Å². The van der Waals surface area contributed by atoms with Gasteiger partial charge in [-0.2, -0.15) is 0 Å². The maximum atomic E-state index is 13.3. The lowest BCUT2D eigenvalue weighted by Gasteiger charge is -2.16. The summed E-state index contributed by atoms with van der Waals surface area (Å²) < 4.78 is 26.4. The molecule has 1 aromatic rings. The largest absolute Gasteiger partial charge is 0.391 e. The first kappa shape index (κ1) is 14.3. The van der Waals surface area contributed by atoms with Crippen molar-refractivity contribution in [2.45, 2.75) is 26.0 Å². The summed E-state index contributed by atoms with van der Waals surface area (Å²) in [6, 6.07) is 1.94. The van der Waals surface area contributed by atoms with Crippen LogP contribution in [-0.2, 0) is 0 Å². The molecular weight excluding hydrogens is 224 g/mol. The molecule has 0 aliphatic heterocycles. The number of halogens is 3. The number of nitrogens with two attached hydrogens (primary N) is 1. The van der Waals surface area contributed by atoms with E-state index in [1.807, 2.05) is 0 Å². The molecule has 0 fully saturated rings. The lowest BCUT2D eigenvalue weighted by atomic mass is 10.0. The molecule has 0 amide bonds. The molecule has 15 heavy (non-hydrogen) atoms. The summed E-state index contributed by atoms with van der Waals surface area (Å²) in [7, 11) is 0. The lowest BCUT2D eigenvalue weighted by molar-refractivity contribution is 0.162. The molecule has 3 N–H and O–H groups in total. The molecule has 0 aromatic heterocycles. The van der Waals surface area contributed by atoms with E-state index >= 15 is 0 Å². The Kier molecular flexibility index (Phi) is 5.14. The van der Waals surface area contributed by atoms with Gasteiger partial charge in [0.15, 0.2) is 11.6 Å². The maximum Gasteiger partial charge on any atom is 0.163 e. The second-order valence-corrected chi connectivity index (χ2v) is 3.37. The zero-order chi connectivity index (χ0) is 10.9. The summed E-state index contributed by atoms with van der Waals surface area (Å²) >= 11 is 0. The van der Waals surface area contributed by atoms with Crippen LogP contribution in [-0.4, -0.2) is 11.2 Å². The van der Waals surface area contributed by atoms with Crippen LogP contribution in [0.15, 0.2) is 12.1 Å². The number of aliphatic hydroxyl groups is 1. The first-order valence-electron chi connectivity index (χ1n) is 4.33. The standard InChI is InChI=1S/C10H13F2NO.ClH/c1-5-3-4-7(9(12)8(5)11)10(13)6(2)14;/h3-4,6,10,14H,13H2,1-2H3;1H/t6-,10-;/m1./s1. The minimum Gasteiger partial charge on any atom is -0.391 e. The van der Waals surface area contributed by atoms with E-state index in [1.54, 1.807) is 0 Å². The topological polar surface area (TPSA) is 46.2 Å². The first-order valence-corrected chi connectivity index (χ1v) is 4.33. The van der Waals surface area contributed by atoms with Gasteiger partial charge in [-0.1, -0.05) is 12.1 Å². The van der Waals surface area contributed by atoms with Gasteiger partial charge < -0.3 is 10.8 Å². The highest BCUT2D eigenvalue weighted by Crippen LogP contribution is 2.22. The minimum absolute atomic E-state index is 0. The Balaban J connectivity index is 0.00000196. The van der Waals surface area contributed by atoms with Crippen LogP contribution < -0.4 is 5.73 Å². The fourth-order valence-electron chi connectivity index (χ4n) is 1.18. The molecule has 0 unspecified atom stereocenters. The van der Waals surface area contributed by atoms with Crippen LogP contribution in [0.5, 0.6) is 0 Å². The van der Waals surface area contributed by atoms with E-state index in [4.69, 9.17) is 10.8 Å². The normalized spacial score (nSPS) is 14.3. The van der Waals surface area contributed by atoms with Crippen molar-refractivity contribution >= 4 is 12.4 Å². The monoisotopic (exact) mass is 237 g/mol. The molecule has 0 heterocycles. The third-order valence-electron chi connectivity index (χ3n) is 2.18. The predicted molar refractivity (Wildman–Crippen MR) is 57.0 cm³/mol. The highest BCUT2D eigenvalue weighted by atomic mass is 35.5. The molecule has 1 aromatic carbocycles. The van der Waals surface area contributed by atoms with Crippen LogP contribution in [0.2, 0.25) is 0 Å². The summed E-state index contributed by atoms with van der Waals surface area (Å²) in [6.07, 6.45) is -0.911.